The predicted molar refractivity (Wildman–Crippen MR) is 64.2 cm³/mol. The van der Waals surface area contributed by atoms with E-state index >= 15 is 0 Å². The second-order valence-electron chi connectivity index (χ2n) is 6.25. The van der Waals surface area contributed by atoms with E-state index in [1.807, 2.05) is 0 Å². The average molecular weight is 196 g/mol. The largest absolute Gasteiger partial charge is 0.0628 e. The van der Waals surface area contributed by atoms with Gasteiger partial charge in [0.1, 0.15) is 0 Å². The second kappa shape index (κ2) is 4.68. The Morgan fingerprint density at radius 2 is 1.57 bits per heavy atom. The van der Waals surface area contributed by atoms with Crippen LogP contribution >= 0.6 is 0 Å². The van der Waals surface area contributed by atoms with Crippen LogP contribution in [-0.4, -0.2) is 0 Å². The Morgan fingerprint density at radius 1 is 1.00 bits per heavy atom. The Hall–Kier alpha value is 0. The minimum Gasteiger partial charge on any atom is -0.0628 e. The molecule has 0 aromatic rings. The number of hydrogen-bond acceptors (Lipinski definition) is 0. The molecule has 0 nitrogen and oxygen atoms in total. The molecule has 0 bridgehead atoms. The van der Waals surface area contributed by atoms with Crippen molar-refractivity contribution in [2.45, 2.75) is 54.4 Å². The third-order valence-corrected chi connectivity index (χ3v) is 4.31. The zero-order chi connectivity index (χ0) is 10.9. The van der Waals surface area contributed by atoms with Crippen LogP contribution in [-0.2, 0) is 0 Å². The van der Waals surface area contributed by atoms with Crippen molar-refractivity contribution in [3.05, 3.63) is 0 Å². The van der Waals surface area contributed by atoms with Crippen LogP contribution in [0.1, 0.15) is 54.4 Å². The van der Waals surface area contributed by atoms with Gasteiger partial charge in [-0.2, -0.15) is 0 Å². The zero-order valence-electron chi connectivity index (χ0n) is 10.9. The summed E-state index contributed by atoms with van der Waals surface area (Å²) in [5, 5.41) is 0. The van der Waals surface area contributed by atoms with Crippen LogP contribution in [0.2, 0.25) is 0 Å². The molecule has 0 N–H and O–H groups in total. The van der Waals surface area contributed by atoms with Crippen LogP contribution in [0.3, 0.4) is 0 Å². The first-order valence-corrected chi connectivity index (χ1v) is 6.43. The first-order chi connectivity index (χ1) is 6.43. The van der Waals surface area contributed by atoms with Crippen molar-refractivity contribution in [1.29, 1.82) is 0 Å². The molecule has 0 spiro atoms. The maximum absolute atomic E-state index is 2.47. The number of hydrogen-bond donors (Lipinski definition) is 0. The minimum absolute atomic E-state index is 0.852. The summed E-state index contributed by atoms with van der Waals surface area (Å²) in [5.74, 6) is 5.70. The van der Waals surface area contributed by atoms with E-state index < -0.39 is 0 Å². The molecule has 0 aromatic heterocycles. The molecule has 1 saturated carbocycles. The van der Waals surface area contributed by atoms with Crippen molar-refractivity contribution in [3.8, 4) is 0 Å². The van der Waals surface area contributed by atoms with E-state index in [9.17, 15) is 0 Å². The molecule has 0 heterocycles. The molecule has 4 atom stereocenters. The molecule has 1 rings (SSSR count). The quantitative estimate of drug-likeness (QED) is 0.603. The van der Waals surface area contributed by atoms with Gasteiger partial charge < -0.3 is 0 Å². The number of rotatable bonds is 5. The summed E-state index contributed by atoms with van der Waals surface area (Å²) in [6.45, 7) is 14.3. The van der Waals surface area contributed by atoms with Crippen molar-refractivity contribution in [3.63, 3.8) is 0 Å². The summed E-state index contributed by atoms with van der Waals surface area (Å²) in [5.41, 5.74) is 0. The van der Waals surface area contributed by atoms with Crippen molar-refractivity contribution >= 4 is 0 Å². The molecule has 1 fully saturated rings. The fraction of sp³-hybridized carbons (Fsp3) is 1.00. The van der Waals surface area contributed by atoms with Crippen molar-refractivity contribution in [1.82, 2.24) is 0 Å². The molecule has 1 aliphatic rings. The summed E-state index contributed by atoms with van der Waals surface area (Å²) in [6.07, 6.45) is 2.97. The van der Waals surface area contributed by atoms with Gasteiger partial charge in [0.15, 0.2) is 0 Å². The maximum atomic E-state index is 2.47. The van der Waals surface area contributed by atoms with Gasteiger partial charge in [0.2, 0.25) is 0 Å². The zero-order valence-corrected chi connectivity index (χ0v) is 10.9. The lowest BCUT2D eigenvalue weighted by Crippen LogP contribution is -2.16. The normalized spacial score (nSPS) is 30.9. The van der Waals surface area contributed by atoms with Gasteiger partial charge in [0, 0.05) is 0 Å². The van der Waals surface area contributed by atoms with E-state index in [2.05, 4.69) is 41.5 Å². The fourth-order valence-corrected chi connectivity index (χ4v) is 2.79. The standard InChI is InChI=1S/C14H28/c1-9(2)7-13-8-14(13)12(6)11(5)10(3)4/h9-14H,7-8H2,1-6H3. The molecule has 14 heavy (non-hydrogen) atoms. The molecule has 0 aromatic carbocycles. The smallest absolute Gasteiger partial charge is 0.0354 e. The molecule has 84 valence electrons. The van der Waals surface area contributed by atoms with Gasteiger partial charge in [-0.3, -0.25) is 0 Å². The molecule has 1 aliphatic carbocycles. The van der Waals surface area contributed by atoms with E-state index in [0.717, 1.165) is 35.5 Å². The van der Waals surface area contributed by atoms with Crippen LogP contribution in [0.25, 0.3) is 0 Å². The SMILES string of the molecule is CC(C)CC1CC1C(C)C(C)C(C)C. The third kappa shape index (κ3) is 3.00. The van der Waals surface area contributed by atoms with E-state index in [1.54, 1.807) is 0 Å². The third-order valence-electron chi connectivity index (χ3n) is 4.31. The molecule has 0 radical (unpaired) electrons. The van der Waals surface area contributed by atoms with Crippen molar-refractivity contribution in [2.75, 3.05) is 0 Å². The summed E-state index contributed by atoms with van der Waals surface area (Å²) in [4.78, 5) is 0. The fourth-order valence-electron chi connectivity index (χ4n) is 2.79. The summed E-state index contributed by atoms with van der Waals surface area (Å²) >= 11 is 0. The summed E-state index contributed by atoms with van der Waals surface area (Å²) < 4.78 is 0. The first kappa shape index (κ1) is 12.1. The first-order valence-electron chi connectivity index (χ1n) is 6.43. The van der Waals surface area contributed by atoms with E-state index in [-0.39, 0.29) is 0 Å². The molecule has 0 aliphatic heterocycles. The predicted octanol–water partition coefficient (Wildman–Crippen LogP) is 4.60. The lowest BCUT2D eigenvalue weighted by molar-refractivity contribution is 0.255. The lowest BCUT2D eigenvalue weighted by atomic mass is 9.82. The lowest BCUT2D eigenvalue weighted by Gasteiger charge is -2.24. The van der Waals surface area contributed by atoms with E-state index in [4.69, 9.17) is 0 Å². The molecule has 4 unspecified atom stereocenters. The van der Waals surface area contributed by atoms with Crippen LogP contribution < -0.4 is 0 Å². The van der Waals surface area contributed by atoms with Gasteiger partial charge >= 0.3 is 0 Å². The van der Waals surface area contributed by atoms with Gasteiger partial charge in [-0.15, -0.1) is 0 Å². The van der Waals surface area contributed by atoms with Crippen LogP contribution in [0.15, 0.2) is 0 Å². The highest BCUT2D eigenvalue weighted by molar-refractivity contribution is 4.92. The molecule has 0 heteroatoms. The Kier molecular flexibility index (Phi) is 4.04. The molecule has 0 saturated heterocycles. The highest BCUT2D eigenvalue weighted by Crippen LogP contribution is 2.50. The second-order valence-corrected chi connectivity index (χ2v) is 6.25. The van der Waals surface area contributed by atoms with Gasteiger partial charge in [0.25, 0.3) is 0 Å². The van der Waals surface area contributed by atoms with E-state index in [0.29, 0.717) is 0 Å². The van der Waals surface area contributed by atoms with Crippen LogP contribution in [0.5, 0.6) is 0 Å². The highest BCUT2D eigenvalue weighted by atomic mass is 14.5. The highest BCUT2D eigenvalue weighted by Gasteiger charge is 2.42. The molecule has 0 amide bonds. The van der Waals surface area contributed by atoms with Crippen LogP contribution in [0, 0.1) is 35.5 Å². The molecular weight excluding hydrogens is 168 g/mol. The Bertz CT molecular complexity index is 169. The monoisotopic (exact) mass is 196 g/mol. The summed E-state index contributed by atoms with van der Waals surface area (Å²) in [6, 6.07) is 0. The van der Waals surface area contributed by atoms with Crippen molar-refractivity contribution < 1.29 is 0 Å². The molecular formula is C14H28. The average Bonchev–Trinajstić information content (AvgIpc) is 2.80. The Balaban J connectivity index is 2.31. The summed E-state index contributed by atoms with van der Waals surface area (Å²) in [7, 11) is 0. The van der Waals surface area contributed by atoms with Gasteiger partial charge in [-0.05, 0) is 48.3 Å². The Morgan fingerprint density at radius 3 is 2.00 bits per heavy atom. The van der Waals surface area contributed by atoms with Gasteiger partial charge in [-0.25, -0.2) is 0 Å². The Labute approximate surface area is 90.5 Å². The van der Waals surface area contributed by atoms with E-state index in [1.165, 1.54) is 12.8 Å². The van der Waals surface area contributed by atoms with Gasteiger partial charge in [0.05, 0.1) is 0 Å². The van der Waals surface area contributed by atoms with Crippen LogP contribution in [0.4, 0.5) is 0 Å². The van der Waals surface area contributed by atoms with Crippen molar-refractivity contribution in [2.24, 2.45) is 35.5 Å². The maximum Gasteiger partial charge on any atom is -0.0354 e. The van der Waals surface area contributed by atoms with Gasteiger partial charge in [-0.1, -0.05) is 41.5 Å². The topological polar surface area (TPSA) is 0 Å². The minimum atomic E-state index is 0.852.